The Morgan fingerprint density at radius 1 is 1.30 bits per heavy atom. The topological polar surface area (TPSA) is 161 Å². The molecule has 1 unspecified atom stereocenters. The summed E-state index contributed by atoms with van der Waals surface area (Å²) in [5.41, 5.74) is 4.85. The average Bonchev–Trinajstić information content (AvgIpc) is 2.26. The van der Waals surface area contributed by atoms with Crippen molar-refractivity contribution in [3.05, 3.63) is 0 Å². The van der Waals surface area contributed by atoms with E-state index in [0.717, 1.165) is 0 Å². The van der Waals surface area contributed by atoms with E-state index in [-0.39, 0.29) is 24.3 Å². The molecule has 0 aromatic heterocycles. The predicted octanol–water partition coefficient (Wildman–Crippen LogP) is -2.19. The van der Waals surface area contributed by atoms with E-state index in [9.17, 15) is 26.4 Å². The maximum absolute atomic E-state index is 12.0. The number of hydrogen-bond acceptors (Lipinski definition) is 6. The van der Waals surface area contributed by atoms with Gasteiger partial charge in [0.25, 0.3) is 0 Å². The van der Waals surface area contributed by atoms with Crippen molar-refractivity contribution in [2.75, 3.05) is 11.5 Å². The number of sulfonamides is 1. The first kappa shape index (κ1) is 16.9. The lowest BCUT2D eigenvalue weighted by Crippen LogP contribution is -2.48. The molecule has 0 aromatic carbocycles. The van der Waals surface area contributed by atoms with Gasteiger partial charge in [0.05, 0.1) is 23.2 Å². The van der Waals surface area contributed by atoms with E-state index < -0.39 is 49.4 Å². The number of nitrogens with two attached hydrogens (primary N) is 1. The SMILES string of the molecule is NC(=O)CC(NS(=O)(=O)C1CCS(=O)(=O)CC1)C(=O)O. The van der Waals surface area contributed by atoms with Gasteiger partial charge in [0.1, 0.15) is 15.9 Å². The fourth-order valence-corrected chi connectivity index (χ4v) is 5.27. The summed E-state index contributed by atoms with van der Waals surface area (Å²) in [6.07, 6.45) is -0.860. The van der Waals surface area contributed by atoms with Gasteiger partial charge in [0.15, 0.2) is 0 Å². The second-order valence-corrected chi connectivity index (χ2v) is 8.87. The van der Waals surface area contributed by atoms with E-state index >= 15 is 0 Å². The molecule has 0 spiro atoms. The molecule has 11 heteroatoms. The number of amides is 1. The zero-order chi connectivity index (χ0) is 15.6. The Hall–Kier alpha value is -1.20. The highest BCUT2D eigenvalue weighted by Crippen LogP contribution is 2.19. The van der Waals surface area contributed by atoms with Crippen LogP contribution < -0.4 is 10.5 Å². The number of carbonyl (C=O) groups excluding carboxylic acids is 1. The maximum Gasteiger partial charge on any atom is 0.322 e. The average molecular weight is 328 g/mol. The minimum atomic E-state index is -4.03. The predicted molar refractivity (Wildman–Crippen MR) is 69.0 cm³/mol. The highest BCUT2D eigenvalue weighted by molar-refractivity contribution is 7.92. The lowest BCUT2D eigenvalue weighted by molar-refractivity contribution is -0.140. The first-order valence-corrected chi connectivity index (χ1v) is 9.13. The van der Waals surface area contributed by atoms with Gasteiger partial charge in [-0.3, -0.25) is 9.59 Å². The Morgan fingerprint density at radius 2 is 1.80 bits per heavy atom. The molecule has 1 saturated heterocycles. The highest BCUT2D eigenvalue weighted by Gasteiger charge is 2.35. The quantitative estimate of drug-likeness (QED) is 0.499. The number of carboxylic acids is 1. The summed E-state index contributed by atoms with van der Waals surface area (Å²) >= 11 is 0. The van der Waals surface area contributed by atoms with Crippen molar-refractivity contribution in [3.63, 3.8) is 0 Å². The van der Waals surface area contributed by atoms with Crippen molar-refractivity contribution < 1.29 is 31.5 Å². The Balaban J connectivity index is 2.78. The van der Waals surface area contributed by atoms with Crippen LogP contribution in [0.3, 0.4) is 0 Å². The van der Waals surface area contributed by atoms with Crippen molar-refractivity contribution in [2.24, 2.45) is 5.73 Å². The van der Waals surface area contributed by atoms with Crippen LogP contribution in [0.2, 0.25) is 0 Å². The molecule has 1 amide bonds. The Morgan fingerprint density at radius 3 is 2.20 bits per heavy atom. The number of nitrogens with one attached hydrogen (secondary N) is 1. The number of sulfone groups is 1. The molecular formula is C9H16N2O7S2. The number of carbonyl (C=O) groups is 2. The molecule has 1 fully saturated rings. The monoisotopic (exact) mass is 328 g/mol. The van der Waals surface area contributed by atoms with Gasteiger partial charge in [-0.2, -0.15) is 0 Å². The van der Waals surface area contributed by atoms with Gasteiger partial charge in [0, 0.05) is 0 Å². The van der Waals surface area contributed by atoms with Gasteiger partial charge in [-0.1, -0.05) is 0 Å². The number of rotatable bonds is 6. The molecule has 0 bridgehead atoms. The summed E-state index contributed by atoms with van der Waals surface area (Å²) in [7, 11) is -7.25. The lowest BCUT2D eigenvalue weighted by atomic mass is 10.2. The second kappa shape index (κ2) is 6.06. The third-order valence-electron chi connectivity index (χ3n) is 2.95. The first-order valence-electron chi connectivity index (χ1n) is 5.76. The van der Waals surface area contributed by atoms with Crippen LogP contribution in [-0.2, 0) is 29.4 Å². The van der Waals surface area contributed by atoms with Gasteiger partial charge in [-0.25, -0.2) is 21.6 Å². The standard InChI is InChI=1S/C9H16N2O7S2/c10-8(12)5-7(9(13)14)11-20(17,18)6-1-3-19(15,16)4-2-6/h6-7,11H,1-5H2,(H2,10,12)(H,13,14). The molecule has 1 atom stereocenters. The molecule has 1 aliphatic rings. The van der Waals surface area contributed by atoms with Crippen LogP contribution in [0.4, 0.5) is 0 Å². The first-order chi connectivity index (χ1) is 9.03. The molecule has 20 heavy (non-hydrogen) atoms. The fraction of sp³-hybridized carbons (Fsp3) is 0.778. The Kier molecular flexibility index (Phi) is 5.10. The summed E-state index contributed by atoms with van der Waals surface area (Å²) < 4.78 is 48.3. The fourth-order valence-electron chi connectivity index (χ4n) is 1.85. The summed E-state index contributed by atoms with van der Waals surface area (Å²) in [6, 6.07) is -1.64. The smallest absolute Gasteiger partial charge is 0.322 e. The van der Waals surface area contributed by atoms with Crippen molar-refractivity contribution >= 4 is 31.7 Å². The number of primary amides is 1. The number of carboxylic acid groups (broad SMARTS) is 1. The number of hydrogen-bond donors (Lipinski definition) is 3. The van der Waals surface area contributed by atoms with Crippen molar-refractivity contribution in [1.29, 1.82) is 0 Å². The zero-order valence-corrected chi connectivity index (χ0v) is 12.1. The van der Waals surface area contributed by atoms with Crippen LogP contribution in [-0.4, -0.2) is 56.6 Å². The molecule has 9 nitrogen and oxygen atoms in total. The summed E-state index contributed by atoms with van der Waals surface area (Å²) in [6.45, 7) is 0. The van der Waals surface area contributed by atoms with E-state index in [1.165, 1.54) is 0 Å². The van der Waals surface area contributed by atoms with E-state index in [2.05, 4.69) is 0 Å². The van der Waals surface area contributed by atoms with Crippen molar-refractivity contribution in [1.82, 2.24) is 4.72 Å². The minimum absolute atomic E-state index is 0.0966. The maximum atomic E-state index is 12.0. The van der Waals surface area contributed by atoms with Gasteiger partial charge in [-0.05, 0) is 12.8 Å². The van der Waals surface area contributed by atoms with E-state index in [0.29, 0.717) is 0 Å². The molecule has 0 aliphatic carbocycles. The molecule has 4 N–H and O–H groups in total. The van der Waals surface area contributed by atoms with Gasteiger partial charge in [-0.15, -0.1) is 0 Å². The van der Waals surface area contributed by atoms with Gasteiger partial charge < -0.3 is 10.8 Å². The normalized spacial score (nSPS) is 21.2. The molecule has 1 aliphatic heterocycles. The highest BCUT2D eigenvalue weighted by atomic mass is 32.2. The van der Waals surface area contributed by atoms with Crippen LogP contribution >= 0.6 is 0 Å². The summed E-state index contributed by atoms with van der Waals surface area (Å²) in [5, 5.41) is 7.85. The molecule has 0 radical (unpaired) electrons. The molecular weight excluding hydrogens is 312 g/mol. The summed E-state index contributed by atoms with van der Waals surface area (Å²) in [4.78, 5) is 21.6. The van der Waals surface area contributed by atoms with E-state index in [1.807, 2.05) is 4.72 Å². The van der Waals surface area contributed by atoms with Crippen LogP contribution in [0, 0.1) is 0 Å². The molecule has 1 rings (SSSR count). The van der Waals surface area contributed by atoms with Crippen LogP contribution in [0.25, 0.3) is 0 Å². The van der Waals surface area contributed by atoms with Crippen molar-refractivity contribution in [3.8, 4) is 0 Å². The van der Waals surface area contributed by atoms with E-state index in [1.54, 1.807) is 0 Å². The summed E-state index contributed by atoms with van der Waals surface area (Å²) in [5.74, 6) is -2.99. The Bertz CT molecular complexity index is 582. The van der Waals surface area contributed by atoms with Crippen LogP contribution in [0.1, 0.15) is 19.3 Å². The van der Waals surface area contributed by atoms with Gasteiger partial charge in [0.2, 0.25) is 15.9 Å². The third kappa shape index (κ3) is 4.72. The van der Waals surface area contributed by atoms with Crippen LogP contribution in [0.5, 0.6) is 0 Å². The molecule has 1 heterocycles. The molecule has 0 saturated carbocycles. The zero-order valence-electron chi connectivity index (χ0n) is 10.5. The van der Waals surface area contributed by atoms with E-state index in [4.69, 9.17) is 10.8 Å². The van der Waals surface area contributed by atoms with Crippen molar-refractivity contribution in [2.45, 2.75) is 30.6 Å². The van der Waals surface area contributed by atoms with Gasteiger partial charge >= 0.3 is 5.97 Å². The number of aliphatic carboxylic acids is 1. The molecule has 0 aromatic rings. The third-order valence-corrected chi connectivity index (χ3v) is 6.63. The molecule has 116 valence electrons. The lowest BCUT2D eigenvalue weighted by Gasteiger charge is -2.24. The Labute approximate surface area is 116 Å². The minimum Gasteiger partial charge on any atom is -0.480 e. The van der Waals surface area contributed by atoms with Crippen LogP contribution in [0.15, 0.2) is 0 Å². The second-order valence-electron chi connectivity index (χ2n) is 4.58. The largest absolute Gasteiger partial charge is 0.480 e.